The molecule has 63 valence electrons. The molecule has 0 nitrogen and oxygen atoms in total. The Kier molecular flexibility index (Phi) is 4.74. The van der Waals surface area contributed by atoms with Gasteiger partial charge in [-0.05, 0) is 0 Å². The van der Waals surface area contributed by atoms with Gasteiger partial charge in [-0.2, -0.15) is 0 Å². The number of aryl methyl sites for hydroxylation is 2. The molecule has 12 heavy (non-hydrogen) atoms. The van der Waals surface area contributed by atoms with Crippen LogP contribution >= 0.6 is 0 Å². The molecule has 0 spiro atoms. The van der Waals surface area contributed by atoms with Crippen molar-refractivity contribution in [3.8, 4) is 0 Å². The molecular weight excluding hydrogens is 251 g/mol. The van der Waals surface area contributed by atoms with Crippen molar-refractivity contribution in [3.05, 3.63) is 35.4 Å². The van der Waals surface area contributed by atoms with Crippen molar-refractivity contribution >= 4 is 22.5 Å². The van der Waals surface area contributed by atoms with E-state index in [-0.39, 0.29) is 0 Å². The van der Waals surface area contributed by atoms with Crippen LogP contribution in [0.15, 0.2) is 24.3 Å². The van der Waals surface area contributed by atoms with Crippen molar-refractivity contribution in [3.63, 3.8) is 0 Å². The minimum atomic E-state index is 1.26. The monoisotopic (exact) mass is 267 g/mol. The summed E-state index contributed by atoms with van der Waals surface area (Å²) in [4.78, 5) is 0. The summed E-state index contributed by atoms with van der Waals surface area (Å²) in [5.41, 5.74) is 2.85. The summed E-state index contributed by atoms with van der Waals surface area (Å²) in [6.45, 7) is 2.14. The van der Waals surface area contributed by atoms with Crippen LogP contribution in [0.3, 0.4) is 0 Å². The van der Waals surface area contributed by atoms with Gasteiger partial charge in [-0.15, -0.1) is 0 Å². The molecule has 3 radical (unpaired) electrons. The van der Waals surface area contributed by atoms with Crippen LogP contribution in [-0.2, 0) is 6.42 Å². The number of unbranched alkanes of at least 4 members (excludes halogenated alkanes) is 1. The summed E-state index contributed by atoms with van der Waals surface area (Å²) < 4.78 is 1.40. The first-order chi connectivity index (χ1) is 5.83. The van der Waals surface area contributed by atoms with Gasteiger partial charge in [0.15, 0.2) is 0 Å². The van der Waals surface area contributed by atoms with Crippen LogP contribution in [0.25, 0.3) is 0 Å². The van der Waals surface area contributed by atoms with Crippen LogP contribution in [0, 0.1) is 6.92 Å². The van der Waals surface area contributed by atoms with Crippen molar-refractivity contribution in [2.75, 3.05) is 0 Å². The molecule has 0 amide bonds. The Balaban J connectivity index is 2.37. The number of rotatable bonds is 4. The molecule has 0 saturated carbocycles. The summed E-state index contributed by atoms with van der Waals surface area (Å²) in [5.74, 6) is 0. The number of benzene rings is 1. The van der Waals surface area contributed by atoms with Gasteiger partial charge >= 0.3 is 88.5 Å². The average Bonchev–Trinajstić information content (AvgIpc) is 2.09. The molecule has 0 fully saturated rings. The zero-order chi connectivity index (χ0) is 8.81. The van der Waals surface area contributed by atoms with E-state index in [1.807, 2.05) is 0 Å². The molecule has 1 aromatic rings. The van der Waals surface area contributed by atoms with E-state index in [2.05, 4.69) is 31.2 Å². The van der Waals surface area contributed by atoms with Crippen LogP contribution < -0.4 is 0 Å². The fourth-order valence-electron chi connectivity index (χ4n) is 1.21. The summed E-state index contributed by atoms with van der Waals surface area (Å²) in [6.07, 6.45) is 4.01. The van der Waals surface area contributed by atoms with E-state index in [0.29, 0.717) is 0 Å². The molecule has 0 heterocycles. The van der Waals surface area contributed by atoms with Gasteiger partial charge in [-0.3, -0.25) is 0 Å². The van der Waals surface area contributed by atoms with Gasteiger partial charge < -0.3 is 0 Å². The topological polar surface area (TPSA) is 0 Å². The molecule has 0 N–H and O–H groups in total. The van der Waals surface area contributed by atoms with Crippen molar-refractivity contribution in [1.82, 2.24) is 0 Å². The first-order valence-corrected chi connectivity index (χ1v) is 6.55. The van der Waals surface area contributed by atoms with E-state index in [0.717, 1.165) is 0 Å². The summed E-state index contributed by atoms with van der Waals surface area (Å²) in [7, 11) is 0. The maximum absolute atomic E-state index is 2.25. The molecular formula is C11H15Sn. The first-order valence-electron chi connectivity index (χ1n) is 4.53. The van der Waals surface area contributed by atoms with Gasteiger partial charge in [0, 0.05) is 0 Å². The second-order valence-electron chi connectivity index (χ2n) is 3.19. The van der Waals surface area contributed by atoms with Gasteiger partial charge in [-0.25, -0.2) is 0 Å². The Bertz CT molecular complexity index is 213. The Hall–Kier alpha value is 0.0187. The molecule has 0 aliphatic carbocycles. The van der Waals surface area contributed by atoms with E-state index in [4.69, 9.17) is 0 Å². The average molecular weight is 266 g/mol. The van der Waals surface area contributed by atoms with Crippen molar-refractivity contribution in [2.24, 2.45) is 0 Å². The van der Waals surface area contributed by atoms with Gasteiger partial charge in [0.25, 0.3) is 0 Å². The summed E-state index contributed by atoms with van der Waals surface area (Å²) >= 11 is 1.67. The molecule has 0 aromatic heterocycles. The predicted octanol–water partition coefficient (Wildman–Crippen LogP) is 2.90. The molecule has 0 unspecified atom stereocenters. The fraction of sp³-hybridized carbons (Fsp3) is 0.455. The third kappa shape index (κ3) is 3.61. The van der Waals surface area contributed by atoms with E-state index < -0.39 is 0 Å². The van der Waals surface area contributed by atoms with Gasteiger partial charge in [-0.1, -0.05) is 0 Å². The van der Waals surface area contributed by atoms with E-state index in [1.165, 1.54) is 34.8 Å². The second-order valence-corrected chi connectivity index (χ2v) is 4.62. The number of hydrogen-bond donors (Lipinski definition) is 0. The van der Waals surface area contributed by atoms with Crippen molar-refractivity contribution in [1.29, 1.82) is 0 Å². The Morgan fingerprint density at radius 3 is 2.33 bits per heavy atom. The summed E-state index contributed by atoms with van der Waals surface area (Å²) in [6, 6.07) is 8.90. The number of hydrogen-bond acceptors (Lipinski definition) is 0. The minimum absolute atomic E-state index is 1.26. The van der Waals surface area contributed by atoms with Crippen LogP contribution in [0.1, 0.15) is 24.0 Å². The summed E-state index contributed by atoms with van der Waals surface area (Å²) in [5, 5.41) is 0. The van der Waals surface area contributed by atoms with Crippen molar-refractivity contribution < 1.29 is 0 Å². The van der Waals surface area contributed by atoms with E-state index >= 15 is 0 Å². The Morgan fingerprint density at radius 2 is 1.75 bits per heavy atom. The first kappa shape index (κ1) is 10.1. The Labute approximate surface area is 88.5 Å². The van der Waals surface area contributed by atoms with Crippen LogP contribution in [0.4, 0.5) is 0 Å². The molecule has 0 bridgehead atoms. The molecule has 0 atom stereocenters. The standard InChI is InChI=1S/C11H15.Sn/c1-3-4-5-11-8-6-10(2)7-9-11;/h6-9H,1,3-5H2,2H3;. The van der Waals surface area contributed by atoms with Crippen LogP contribution in [-0.4, -0.2) is 22.5 Å². The fourth-order valence-corrected chi connectivity index (χ4v) is 1.92. The normalized spacial score (nSPS) is 10.2. The van der Waals surface area contributed by atoms with E-state index in [9.17, 15) is 0 Å². The molecule has 1 aromatic carbocycles. The van der Waals surface area contributed by atoms with Crippen LogP contribution in [0.2, 0.25) is 4.44 Å². The van der Waals surface area contributed by atoms with E-state index in [1.54, 1.807) is 22.5 Å². The SMILES string of the molecule is Cc1ccc(CCC[CH2][Sn])cc1. The third-order valence-corrected chi connectivity index (χ3v) is 3.02. The molecule has 0 aliphatic rings. The Morgan fingerprint density at radius 1 is 1.08 bits per heavy atom. The zero-order valence-corrected chi connectivity index (χ0v) is 10.5. The maximum atomic E-state index is 2.25. The van der Waals surface area contributed by atoms with Crippen molar-refractivity contribution in [2.45, 2.75) is 30.6 Å². The molecule has 0 aliphatic heterocycles. The molecule has 1 rings (SSSR count). The third-order valence-electron chi connectivity index (χ3n) is 2.01. The second kappa shape index (κ2) is 5.63. The molecule has 0 saturated heterocycles. The zero-order valence-electron chi connectivity index (χ0n) is 7.64. The predicted molar refractivity (Wildman–Crippen MR) is 54.7 cm³/mol. The quantitative estimate of drug-likeness (QED) is 0.580. The van der Waals surface area contributed by atoms with Crippen LogP contribution in [0.5, 0.6) is 0 Å². The van der Waals surface area contributed by atoms with Gasteiger partial charge in [0.2, 0.25) is 0 Å². The molecule has 1 heteroatoms. The van der Waals surface area contributed by atoms with Gasteiger partial charge in [0.1, 0.15) is 0 Å². The van der Waals surface area contributed by atoms with Gasteiger partial charge in [0.05, 0.1) is 0 Å².